The van der Waals surface area contributed by atoms with Gasteiger partial charge in [0.05, 0.1) is 17.6 Å². The lowest BCUT2D eigenvalue weighted by Gasteiger charge is -2.33. The first-order chi connectivity index (χ1) is 8.83. The highest BCUT2D eigenvalue weighted by molar-refractivity contribution is 5.75. The number of hydrogen-bond acceptors (Lipinski definition) is 4. The highest BCUT2D eigenvalue weighted by Gasteiger charge is 2.59. The van der Waals surface area contributed by atoms with Crippen molar-refractivity contribution in [1.82, 2.24) is 0 Å². The van der Waals surface area contributed by atoms with E-state index in [-0.39, 0.29) is 35.7 Å². The lowest BCUT2D eigenvalue weighted by atomic mass is 9.77. The summed E-state index contributed by atoms with van der Waals surface area (Å²) in [4.78, 5) is 11.8. The van der Waals surface area contributed by atoms with Gasteiger partial charge in [-0.15, -0.1) is 0 Å². The molecule has 2 aliphatic carbocycles. The van der Waals surface area contributed by atoms with Crippen molar-refractivity contribution < 1.29 is 19.7 Å². The number of ether oxygens (including phenoxy) is 1. The molecule has 4 nitrogen and oxygen atoms in total. The van der Waals surface area contributed by atoms with Gasteiger partial charge in [0.2, 0.25) is 0 Å². The summed E-state index contributed by atoms with van der Waals surface area (Å²) in [5.74, 6) is -0.727. The van der Waals surface area contributed by atoms with Gasteiger partial charge in [-0.3, -0.25) is 4.79 Å². The quantitative estimate of drug-likeness (QED) is 0.512. The minimum Gasteiger partial charge on any atom is -0.461 e. The van der Waals surface area contributed by atoms with Crippen molar-refractivity contribution in [3.05, 3.63) is 12.2 Å². The average molecular weight is 266 g/mol. The van der Waals surface area contributed by atoms with Crippen LogP contribution in [0.2, 0.25) is 0 Å². The molecule has 106 valence electrons. The number of carbonyl (C=O) groups excluding carboxylic acids is 1. The van der Waals surface area contributed by atoms with Crippen LogP contribution in [0.1, 0.15) is 33.1 Å². The molecule has 7 atom stereocenters. The first-order valence-electron chi connectivity index (χ1n) is 7.11. The third kappa shape index (κ3) is 1.77. The van der Waals surface area contributed by atoms with E-state index < -0.39 is 11.7 Å². The molecule has 2 unspecified atom stereocenters. The molecule has 0 bridgehead atoms. The number of aliphatic hydroxyl groups excluding tert-OH is 1. The second kappa shape index (κ2) is 4.06. The number of rotatable bonds is 0. The van der Waals surface area contributed by atoms with Crippen LogP contribution in [-0.2, 0) is 9.53 Å². The third-order valence-electron chi connectivity index (χ3n) is 5.48. The molecule has 1 heterocycles. The molecule has 0 spiro atoms. The Bertz CT molecular complexity index is 428. The van der Waals surface area contributed by atoms with Crippen LogP contribution in [0.4, 0.5) is 0 Å². The summed E-state index contributed by atoms with van der Waals surface area (Å²) in [6, 6.07) is 0. The van der Waals surface area contributed by atoms with Gasteiger partial charge in [0.25, 0.3) is 0 Å². The summed E-state index contributed by atoms with van der Waals surface area (Å²) in [6.07, 6.45) is 1.03. The van der Waals surface area contributed by atoms with Crippen molar-refractivity contribution in [3.8, 4) is 0 Å². The number of hydrogen-bond donors (Lipinski definition) is 2. The summed E-state index contributed by atoms with van der Waals surface area (Å²) in [5, 5.41) is 21.1. The SMILES string of the molecule is C=C1CCC2C1[C@H]1OC(=O)[C@H](C)[C@@H]1[C@@H](O)C[C@@]2(C)O. The summed E-state index contributed by atoms with van der Waals surface area (Å²) in [6.45, 7) is 7.70. The van der Waals surface area contributed by atoms with Gasteiger partial charge in [-0.2, -0.15) is 0 Å². The maximum absolute atomic E-state index is 11.8. The van der Waals surface area contributed by atoms with Crippen LogP contribution in [0.15, 0.2) is 12.2 Å². The lowest BCUT2D eigenvalue weighted by Crippen LogP contribution is -2.39. The van der Waals surface area contributed by atoms with Gasteiger partial charge in [-0.05, 0) is 25.7 Å². The van der Waals surface area contributed by atoms with Crippen LogP contribution in [0, 0.1) is 23.7 Å². The molecule has 0 amide bonds. The predicted octanol–water partition coefficient (Wildman–Crippen LogP) is 1.26. The van der Waals surface area contributed by atoms with Gasteiger partial charge in [0.1, 0.15) is 6.10 Å². The summed E-state index contributed by atoms with van der Waals surface area (Å²) in [7, 11) is 0. The Morgan fingerprint density at radius 2 is 2.16 bits per heavy atom. The largest absolute Gasteiger partial charge is 0.461 e. The highest BCUT2D eigenvalue weighted by atomic mass is 16.6. The third-order valence-corrected chi connectivity index (χ3v) is 5.48. The van der Waals surface area contributed by atoms with Crippen LogP contribution in [0.3, 0.4) is 0 Å². The Labute approximate surface area is 113 Å². The monoisotopic (exact) mass is 266 g/mol. The molecule has 0 aromatic carbocycles. The molecule has 1 saturated heterocycles. The molecule has 3 fully saturated rings. The maximum atomic E-state index is 11.8. The van der Waals surface area contributed by atoms with Crippen LogP contribution < -0.4 is 0 Å². The maximum Gasteiger partial charge on any atom is 0.309 e. The van der Waals surface area contributed by atoms with Gasteiger partial charge in [0, 0.05) is 18.3 Å². The fourth-order valence-electron chi connectivity index (χ4n) is 4.47. The van der Waals surface area contributed by atoms with E-state index in [4.69, 9.17) is 4.74 Å². The number of carbonyl (C=O) groups is 1. The van der Waals surface area contributed by atoms with Gasteiger partial charge in [-0.25, -0.2) is 0 Å². The highest BCUT2D eigenvalue weighted by Crippen LogP contribution is 2.53. The zero-order chi connectivity index (χ0) is 13.9. The Hall–Kier alpha value is -0.870. The van der Waals surface area contributed by atoms with E-state index in [0.717, 1.165) is 18.4 Å². The first kappa shape index (κ1) is 13.1. The minimum atomic E-state index is -0.917. The van der Waals surface area contributed by atoms with Crippen molar-refractivity contribution in [1.29, 1.82) is 0 Å². The fraction of sp³-hybridized carbons (Fsp3) is 0.800. The molecule has 1 aliphatic heterocycles. The van der Waals surface area contributed by atoms with Crippen molar-refractivity contribution in [3.63, 3.8) is 0 Å². The average Bonchev–Trinajstić information content (AvgIpc) is 2.78. The van der Waals surface area contributed by atoms with Crippen LogP contribution in [0.25, 0.3) is 0 Å². The van der Waals surface area contributed by atoms with E-state index in [9.17, 15) is 15.0 Å². The van der Waals surface area contributed by atoms with E-state index >= 15 is 0 Å². The second-order valence-electron chi connectivity index (χ2n) is 6.73. The standard InChI is InChI=1S/C15H22O4/c1-7-4-5-9-11(7)13-12(8(2)14(17)19-13)10(16)6-15(9,3)18/h8-13,16,18H,1,4-6H2,2-3H3/t8-,9?,10+,11?,12-,13-,15-/m1/s1. The van der Waals surface area contributed by atoms with Crippen LogP contribution in [0.5, 0.6) is 0 Å². The summed E-state index contributed by atoms with van der Waals surface area (Å²) < 4.78 is 5.53. The van der Waals surface area contributed by atoms with Gasteiger partial charge < -0.3 is 14.9 Å². The van der Waals surface area contributed by atoms with Crippen LogP contribution >= 0.6 is 0 Å². The molecule has 0 aromatic heterocycles. The van der Waals surface area contributed by atoms with Crippen molar-refractivity contribution in [2.75, 3.05) is 0 Å². The van der Waals surface area contributed by atoms with E-state index in [1.807, 2.05) is 6.92 Å². The Morgan fingerprint density at radius 1 is 1.47 bits per heavy atom. The Morgan fingerprint density at radius 3 is 2.84 bits per heavy atom. The number of fused-ring (bicyclic) bond motifs is 3. The van der Waals surface area contributed by atoms with E-state index in [1.165, 1.54) is 0 Å². The molecule has 3 rings (SSSR count). The lowest BCUT2D eigenvalue weighted by molar-refractivity contribution is -0.146. The normalized spacial score (nSPS) is 53.5. The molecule has 0 radical (unpaired) electrons. The van der Waals surface area contributed by atoms with Gasteiger partial charge in [-0.1, -0.05) is 19.1 Å². The summed E-state index contributed by atoms with van der Waals surface area (Å²) >= 11 is 0. The van der Waals surface area contributed by atoms with Crippen molar-refractivity contribution >= 4 is 5.97 Å². The molecule has 2 saturated carbocycles. The molecule has 3 aliphatic rings. The number of esters is 1. The Balaban J connectivity index is 2.04. The topological polar surface area (TPSA) is 66.8 Å². The smallest absolute Gasteiger partial charge is 0.309 e. The molecule has 4 heteroatoms. The first-order valence-corrected chi connectivity index (χ1v) is 7.11. The van der Waals surface area contributed by atoms with E-state index in [1.54, 1.807) is 6.92 Å². The summed E-state index contributed by atoms with van der Waals surface area (Å²) in [5.41, 5.74) is 0.135. The number of aliphatic hydroxyl groups is 2. The molecular weight excluding hydrogens is 244 g/mol. The van der Waals surface area contributed by atoms with Crippen molar-refractivity contribution in [2.45, 2.75) is 50.9 Å². The predicted molar refractivity (Wildman–Crippen MR) is 69.1 cm³/mol. The van der Waals surface area contributed by atoms with E-state index in [0.29, 0.717) is 6.42 Å². The van der Waals surface area contributed by atoms with E-state index in [2.05, 4.69) is 6.58 Å². The second-order valence-corrected chi connectivity index (χ2v) is 6.73. The molecular formula is C15H22O4. The van der Waals surface area contributed by atoms with Crippen LogP contribution in [-0.4, -0.2) is 34.0 Å². The molecule has 19 heavy (non-hydrogen) atoms. The zero-order valence-electron chi connectivity index (χ0n) is 11.5. The fourth-order valence-corrected chi connectivity index (χ4v) is 4.47. The van der Waals surface area contributed by atoms with Gasteiger partial charge >= 0.3 is 5.97 Å². The van der Waals surface area contributed by atoms with Gasteiger partial charge in [0.15, 0.2) is 0 Å². The Kier molecular flexibility index (Phi) is 2.81. The zero-order valence-corrected chi connectivity index (χ0v) is 11.5. The molecule has 2 N–H and O–H groups in total. The minimum absolute atomic E-state index is 0.00829. The molecule has 0 aromatic rings. The van der Waals surface area contributed by atoms with Crippen molar-refractivity contribution in [2.24, 2.45) is 23.7 Å².